The summed E-state index contributed by atoms with van der Waals surface area (Å²) in [6, 6.07) is 4.21. The highest BCUT2D eigenvalue weighted by Crippen LogP contribution is 2.42. The Labute approximate surface area is 140 Å². The van der Waals surface area contributed by atoms with E-state index >= 15 is 0 Å². The Morgan fingerprint density at radius 1 is 0.652 bits per heavy atom. The molecule has 2 nitrogen and oxygen atoms in total. The van der Waals surface area contributed by atoms with Crippen molar-refractivity contribution in [3.05, 3.63) is 56.6 Å². The summed E-state index contributed by atoms with van der Waals surface area (Å²) in [5, 5.41) is 0. The smallest absolute Gasteiger partial charge is 0.0378 e. The molecule has 0 radical (unpaired) electrons. The van der Waals surface area contributed by atoms with E-state index in [1.165, 1.54) is 44.5 Å². The van der Waals surface area contributed by atoms with Gasteiger partial charge in [0, 0.05) is 16.8 Å². The van der Waals surface area contributed by atoms with Crippen LogP contribution in [0.15, 0.2) is 12.1 Å². The Bertz CT molecular complexity index is 754. The number of anilines is 2. The summed E-state index contributed by atoms with van der Waals surface area (Å²) in [7, 11) is 0. The number of benzene rings is 2. The van der Waals surface area contributed by atoms with Crippen LogP contribution in [0.2, 0.25) is 0 Å². The van der Waals surface area contributed by atoms with Crippen LogP contribution < -0.4 is 11.5 Å². The summed E-state index contributed by atoms with van der Waals surface area (Å²) >= 11 is 0. The third-order valence-corrected chi connectivity index (χ3v) is 5.81. The number of nitrogens with two attached hydrogens (primary N) is 2. The lowest BCUT2D eigenvalue weighted by atomic mass is 9.70. The molecule has 0 unspecified atom stereocenters. The first kappa shape index (κ1) is 17.4. The summed E-state index contributed by atoms with van der Waals surface area (Å²) in [5.74, 6) is 0. The van der Waals surface area contributed by atoms with Gasteiger partial charge in [0.1, 0.15) is 0 Å². The van der Waals surface area contributed by atoms with Crippen LogP contribution in [-0.4, -0.2) is 0 Å². The molecule has 2 aromatic rings. The fraction of sp³-hybridized carbons (Fsp3) is 0.429. The maximum atomic E-state index is 6.29. The average molecular weight is 310 g/mol. The van der Waals surface area contributed by atoms with Crippen molar-refractivity contribution in [2.24, 2.45) is 0 Å². The van der Waals surface area contributed by atoms with E-state index in [1.807, 2.05) is 6.07 Å². The van der Waals surface area contributed by atoms with Crippen LogP contribution in [0.25, 0.3) is 0 Å². The topological polar surface area (TPSA) is 52.0 Å². The second kappa shape index (κ2) is 5.59. The monoisotopic (exact) mass is 310 g/mol. The van der Waals surface area contributed by atoms with Crippen LogP contribution in [0.3, 0.4) is 0 Å². The molecule has 124 valence electrons. The number of nitrogen functional groups attached to an aromatic ring is 2. The summed E-state index contributed by atoms with van der Waals surface area (Å²) in [4.78, 5) is 0. The largest absolute Gasteiger partial charge is 0.399 e. The van der Waals surface area contributed by atoms with Gasteiger partial charge in [-0.15, -0.1) is 0 Å². The van der Waals surface area contributed by atoms with Crippen molar-refractivity contribution in [2.75, 3.05) is 11.5 Å². The molecule has 23 heavy (non-hydrogen) atoms. The SMILES string of the molecule is Cc1c(N)ccc(C(C)(C)c2c(C)c(C)c(N)c(C)c2C)c1C. The molecule has 2 rings (SSSR count). The molecule has 0 aromatic heterocycles. The predicted octanol–water partition coefficient (Wildman–Crippen LogP) is 5.03. The van der Waals surface area contributed by atoms with Crippen LogP contribution in [0.5, 0.6) is 0 Å². The Kier molecular flexibility index (Phi) is 4.23. The highest BCUT2D eigenvalue weighted by atomic mass is 14.6. The molecule has 0 bridgehead atoms. The van der Waals surface area contributed by atoms with E-state index in [1.54, 1.807) is 0 Å². The van der Waals surface area contributed by atoms with Crippen molar-refractivity contribution in [3.8, 4) is 0 Å². The first-order valence-corrected chi connectivity index (χ1v) is 8.24. The molecule has 0 atom stereocenters. The Hall–Kier alpha value is -1.96. The summed E-state index contributed by atoms with van der Waals surface area (Å²) in [6.45, 7) is 17.5. The van der Waals surface area contributed by atoms with Gasteiger partial charge < -0.3 is 11.5 Å². The summed E-state index contributed by atoms with van der Waals surface area (Å²) < 4.78 is 0. The van der Waals surface area contributed by atoms with Crippen molar-refractivity contribution in [2.45, 2.75) is 60.8 Å². The zero-order valence-electron chi connectivity index (χ0n) is 15.8. The van der Waals surface area contributed by atoms with Crippen molar-refractivity contribution < 1.29 is 0 Å². The van der Waals surface area contributed by atoms with E-state index in [9.17, 15) is 0 Å². The summed E-state index contributed by atoms with van der Waals surface area (Å²) in [5.41, 5.74) is 24.2. The molecule has 0 heterocycles. The van der Waals surface area contributed by atoms with Crippen LogP contribution in [0, 0.1) is 41.5 Å². The minimum absolute atomic E-state index is 0.0973. The molecule has 0 saturated heterocycles. The van der Waals surface area contributed by atoms with E-state index in [-0.39, 0.29) is 5.41 Å². The normalized spacial score (nSPS) is 11.8. The van der Waals surface area contributed by atoms with Gasteiger partial charge in [-0.25, -0.2) is 0 Å². The van der Waals surface area contributed by atoms with Crippen molar-refractivity contribution in [1.82, 2.24) is 0 Å². The van der Waals surface area contributed by atoms with E-state index in [0.717, 1.165) is 11.4 Å². The van der Waals surface area contributed by atoms with Gasteiger partial charge in [-0.05, 0) is 92.1 Å². The summed E-state index contributed by atoms with van der Waals surface area (Å²) in [6.07, 6.45) is 0. The molecule has 2 aromatic carbocycles. The van der Waals surface area contributed by atoms with E-state index < -0.39 is 0 Å². The van der Waals surface area contributed by atoms with E-state index in [0.29, 0.717) is 0 Å². The molecule has 0 amide bonds. The second-order valence-electron chi connectivity index (χ2n) is 7.37. The molecule has 4 N–H and O–H groups in total. The van der Waals surface area contributed by atoms with Gasteiger partial charge in [-0.2, -0.15) is 0 Å². The highest BCUT2D eigenvalue weighted by Gasteiger charge is 2.30. The lowest BCUT2D eigenvalue weighted by Crippen LogP contribution is -2.25. The van der Waals surface area contributed by atoms with Crippen LogP contribution in [0.1, 0.15) is 58.4 Å². The van der Waals surface area contributed by atoms with Gasteiger partial charge in [-0.1, -0.05) is 19.9 Å². The van der Waals surface area contributed by atoms with E-state index in [2.05, 4.69) is 61.5 Å². The van der Waals surface area contributed by atoms with Crippen molar-refractivity contribution >= 4 is 11.4 Å². The highest BCUT2D eigenvalue weighted by molar-refractivity contribution is 5.66. The molecule has 0 aliphatic rings. The van der Waals surface area contributed by atoms with Crippen molar-refractivity contribution in [1.29, 1.82) is 0 Å². The van der Waals surface area contributed by atoms with Gasteiger partial charge >= 0.3 is 0 Å². The van der Waals surface area contributed by atoms with Crippen LogP contribution >= 0.6 is 0 Å². The van der Waals surface area contributed by atoms with Gasteiger partial charge in [0.15, 0.2) is 0 Å². The number of rotatable bonds is 2. The lowest BCUT2D eigenvalue weighted by Gasteiger charge is -2.34. The molecule has 0 aliphatic heterocycles. The number of hydrogen-bond acceptors (Lipinski definition) is 2. The molecule has 0 aliphatic carbocycles. The number of hydrogen-bond donors (Lipinski definition) is 2. The Morgan fingerprint density at radius 2 is 1.13 bits per heavy atom. The Morgan fingerprint density at radius 3 is 1.61 bits per heavy atom. The van der Waals surface area contributed by atoms with Crippen molar-refractivity contribution in [3.63, 3.8) is 0 Å². The van der Waals surface area contributed by atoms with Gasteiger partial charge in [-0.3, -0.25) is 0 Å². The second-order valence-corrected chi connectivity index (χ2v) is 7.37. The standard InChI is InChI=1S/C21H30N2/c1-11-12(2)18(22)10-9-17(11)21(7,8)19-13(3)15(5)20(23)16(6)14(19)4/h9-10H,22-23H2,1-8H3. The molecular weight excluding hydrogens is 280 g/mol. The van der Waals surface area contributed by atoms with E-state index in [4.69, 9.17) is 11.5 Å². The quantitative estimate of drug-likeness (QED) is 0.765. The lowest BCUT2D eigenvalue weighted by molar-refractivity contribution is 0.624. The first-order valence-electron chi connectivity index (χ1n) is 8.24. The predicted molar refractivity (Wildman–Crippen MR) is 102 cm³/mol. The maximum absolute atomic E-state index is 6.29. The average Bonchev–Trinajstić information content (AvgIpc) is 2.48. The van der Waals surface area contributed by atoms with Gasteiger partial charge in [0.25, 0.3) is 0 Å². The van der Waals surface area contributed by atoms with Crippen LogP contribution in [-0.2, 0) is 5.41 Å². The third kappa shape index (κ3) is 2.50. The molecule has 0 fully saturated rings. The first-order chi connectivity index (χ1) is 10.5. The molecule has 2 heteroatoms. The molecular formula is C21H30N2. The fourth-order valence-corrected chi connectivity index (χ4v) is 3.93. The van der Waals surface area contributed by atoms with Crippen LogP contribution in [0.4, 0.5) is 11.4 Å². The Balaban J connectivity index is 2.83. The van der Waals surface area contributed by atoms with Gasteiger partial charge in [0.05, 0.1) is 0 Å². The maximum Gasteiger partial charge on any atom is 0.0378 e. The minimum Gasteiger partial charge on any atom is -0.399 e. The molecule has 0 spiro atoms. The zero-order valence-corrected chi connectivity index (χ0v) is 15.8. The molecule has 0 saturated carbocycles. The van der Waals surface area contributed by atoms with Gasteiger partial charge in [0.2, 0.25) is 0 Å². The fourth-order valence-electron chi connectivity index (χ4n) is 3.93. The minimum atomic E-state index is -0.0973. The zero-order chi connectivity index (χ0) is 17.7. The third-order valence-electron chi connectivity index (χ3n) is 5.81.